The lowest BCUT2D eigenvalue weighted by Gasteiger charge is -2.21. The van der Waals surface area contributed by atoms with Gasteiger partial charge in [0.15, 0.2) is 11.6 Å². The van der Waals surface area contributed by atoms with Gasteiger partial charge in [0.2, 0.25) is 0 Å². The van der Waals surface area contributed by atoms with E-state index in [1.165, 1.54) is 17.7 Å². The van der Waals surface area contributed by atoms with Crippen molar-refractivity contribution in [3.8, 4) is 5.75 Å². The van der Waals surface area contributed by atoms with Gasteiger partial charge in [-0.3, -0.25) is 0 Å². The lowest BCUT2D eigenvalue weighted by molar-refractivity contribution is 0.432. The van der Waals surface area contributed by atoms with Gasteiger partial charge in [0.25, 0.3) is 0 Å². The summed E-state index contributed by atoms with van der Waals surface area (Å²) in [6.45, 7) is 8.57. The molecular weight excluding hydrogens is 265 g/mol. The first-order valence-electron chi connectivity index (χ1n) is 7.13. The first-order chi connectivity index (χ1) is 9.77. The molecule has 0 amide bonds. The van der Waals surface area contributed by atoms with Gasteiger partial charge in [-0.05, 0) is 35.6 Å². The Hall–Kier alpha value is -2.03. The van der Waals surface area contributed by atoms with Crippen LogP contribution in [0.1, 0.15) is 44.9 Å². The lowest BCUT2D eigenvalue weighted by atomic mass is 9.86. The van der Waals surface area contributed by atoms with Crippen molar-refractivity contribution in [3.05, 3.63) is 59.4 Å². The monoisotopic (exact) mass is 287 g/mol. The molecule has 0 fully saturated rings. The van der Waals surface area contributed by atoms with E-state index in [2.05, 4.69) is 50.4 Å². The molecule has 0 saturated carbocycles. The Bertz CT molecular complexity index is 614. The molecule has 2 nitrogen and oxygen atoms in total. The predicted octanol–water partition coefficient (Wildman–Crippen LogP) is 5.00. The van der Waals surface area contributed by atoms with Crippen LogP contribution in [0, 0.1) is 5.82 Å². The number of anilines is 1. The third-order valence-corrected chi connectivity index (χ3v) is 3.61. The molecule has 2 aromatic carbocycles. The summed E-state index contributed by atoms with van der Waals surface area (Å²) in [6, 6.07) is 12.8. The van der Waals surface area contributed by atoms with Crippen molar-refractivity contribution in [2.24, 2.45) is 0 Å². The van der Waals surface area contributed by atoms with Gasteiger partial charge in [-0.1, -0.05) is 45.0 Å². The van der Waals surface area contributed by atoms with Crippen molar-refractivity contribution in [2.45, 2.75) is 39.2 Å². The second-order valence-corrected chi connectivity index (χ2v) is 6.40. The molecule has 1 unspecified atom stereocenters. The van der Waals surface area contributed by atoms with Gasteiger partial charge >= 0.3 is 0 Å². The van der Waals surface area contributed by atoms with Crippen LogP contribution < -0.4 is 5.32 Å². The first-order valence-corrected chi connectivity index (χ1v) is 7.13. The zero-order valence-corrected chi connectivity index (χ0v) is 12.9. The zero-order chi connectivity index (χ0) is 15.6. The van der Waals surface area contributed by atoms with E-state index in [1.807, 2.05) is 6.92 Å². The Labute approximate surface area is 125 Å². The number of rotatable bonds is 3. The average Bonchev–Trinajstić information content (AvgIpc) is 2.42. The van der Waals surface area contributed by atoms with Crippen molar-refractivity contribution < 1.29 is 9.50 Å². The second-order valence-electron chi connectivity index (χ2n) is 6.40. The van der Waals surface area contributed by atoms with Crippen LogP contribution in [0.4, 0.5) is 10.1 Å². The fourth-order valence-electron chi connectivity index (χ4n) is 2.20. The lowest BCUT2D eigenvalue weighted by Crippen LogP contribution is -2.12. The highest BCUT2D eigenvalue weighted by Gasteiger charge is 2.14. The number of hydrogen-bond acceptors (Lipinski definition) is 2. The van der Waals surface area contributed by atoms with Crippen molar-refractivity contribution in [3.63, 3.8) is 0 Å². The quantitative estimate of drug-likeness (QED) is 0.778. The minimum atomic E-state index is -0.615. The molecule has 3 heteroatoms. The second kappa shape index (κ2) is 5.76. The Morgan fingerprint density at radius 3 is 2.19 bits per heavy atom. The molecule has 2 N–H and O–H groups in total. The smallest absolute Gasteiger partial charge is 0.166 e. The van der Waals surface area contributed by atoms with Crippen LogP contribution >= 0.6 is 0 Å². The molecule has 0 radical (unpaired) electrons. The van der Waals surface area contributed by atoms with E-state index in [4.69, 9.17) is 0 Å². The molecule has 0 heterocycles. The molecule has 21 heavy (non-hydrogen) atoms. The highest BCUT2D eigenvalue weighted by Crippen LogP contribution is 2.26. The van der Waals surface area contributed by atoms with Crippen LogP contribution in [0.3, 0.4) is 0 Å². The van der Waals surface area contributed by atoms with Gasteiger partial charge in [-0.2, -0.15) is 0 Å². The van der Waals surface area contributed by atoms with E-state index >= 15 is 0 Å². The summed E-state index contributed by atoms with van der Waals surface area (Å²) in [7, 11) is 0. The summed E-state index contributed by atoms with van der Waals surface area (Å²) in [5.74, 6) is -0.946. The summed E-state index contributed by atoms with van der Waals surface area (Å²) < 4.78 is 13.3. The van der Waals surface area contributed by atoms with Crippen molar-refractivity contribution in [1.29, 1.82) is 0 Å². The topological polar surface area (TPSA) is 32.3 Å². The van der Waals surface area contributed by atoms with E-state index in [1.54, 1.807) is 6.07 Å². The summed E-state index contributed by atoms with van der Waals surface area (Å²) in [5, 5.41) is 12.4. The molecule has 0 aromatic heterocycles. The van der Waals surface area contributed by atoms with Crippen LogP contribution in [0.15, 0.2) is 42.5 Å². The fraction of sp³-hybridized carbons (Fsp3) is 0.333. The Kier molecular flexibility index (Phi) is 4.21. The normalized spacial score (nSPS) is 13.0. The average molecular weight is 287 g/mol. The highest BCUT2D eigenvalue weighted by molar-refractivity contribution is 5.48. The maximum atomic E-state index is 13.3. The summed E-state index contributed by atoms with van der Waals surface area (Å²) in [5.41, 5.74) is 3.21. The van der Waals surface area contributed by atoms with Gasteiger partial charge in [0, 0.05) is 17.8 Å². The molecule has 0 aliphatic rings. The number of aromatic hydroxyl groups is 1. The Morgan fingerprint density at radius 2 is 1.67 bits per heavy atom. The maximum Gasteiger partial charge on any atom is 0.166 e. The molecular formula is C18H22FNO. The molecule has 0 spiro atoms. The fourth-order valence-corrected chi connectivity index (χ4v) is 2.20. The minimum absolute atomic E-state index is 0.0583. The minimum Gasteiger partial charge on any atom is -0.505 e. The predicted molar refractivity (Wildman–Crippen MR) is 85.2 cm³/mol. The molecule has 0 bridgehead atoms. The van der Waals surface area contributed by atoms with Crippen LogP contribution in [0.5, 0.6) is 5.75 Å². The van der Waals surface area contributed by atoms with E-state index in [0.29, 0.717) is 5.69 Å². The standard InChI is InChI=1S/C18H22FNO/c1-12(20-15-9-10-17(21)16(19)11-15)13-5-7-14(8-6-13)18(2,3)4/h5-12,20-21H,1-4H3. The summed E-state index contributed by atoms with van der Waals surface area (Å²) in [6.07, 6.45) is 0. The van der Waals surface area contributed by atoms with E-state index in [9.17, 15) is 9.50 Å². The first kappa shape index (κ1) is 15.4. The molecule has 0 aliphatic carbocycles. The van der Waals surface area contributed by atoms with Crippen LogP contribution in [0.2, 0.25) is 0 Å². The highest BCUT2D eigenvalue weighted by atomic mass is 19.1. The van der Waals surface area contributed by atoms with Crippen molar-refractivity contribution in [1.82, 2.24) is 0 Å². The zero-order valence-electron chi connectivity index (χ0n) is 12.9. The number of phenols is 1. The van der Waals surface area contributed by atoms with Gasteiger partial charge in [0.05, 0.1) is 0 Å². The Balaban J connectivity index is 2.13. The largest absolute Gasteiger partial charge is 0.505 e. The molecule has 2 aromatic rings. The number of halogens is 1. The van der Waals surface area contributed by atoms with Crippen molar-refractivity contribution >= 4 is 5.69 Å². The van der Waals surface area contributed by atoms with Gasteiger partial charge in [-0.15, -0.1) is 0 Å². The number of hydrogen-bond donors (Lipinski definition) is 2. The molecule has 1 atom stereocenters. The number of nitrogens with one attached hydrogen (secondary N) is 1. The van der Waals surface area contributed by atoms with Crippen molar-refractivity contribution in [2.75, 3.05) is 5.32 Å². The van der Waals surface area contributed by atoms with Crippen LogP contribution in [-0.4, -0.2) is 5.11 Å². The van der Waals surface area contributed by atoms with Gasteiger partial charge in [0.1, 0.15) is 0 Å². The number of phenolic OH excluding ortho intramolecular Hbond substituents is 1. The maximum absolute atomic E-state index is 13.3. The van der Waals surface area contributed by atoms with E-state index < -0.39 is 5.82 Å². The summed E-state index contributed by atoms with van der Waals surface area (Å²) in [4.78, 5) is 0. The molecule has 0 aliphatic heterocycles. The van der Waals surface area contributed by atoms with Crippen LogP contribution in [0.25, 0.3) is 0 Å². The molecule has 2 rings (SSSR count). The van der Waals surface area contributed by atoms with Crippen LogP contribution in [-0.2, 0) is 5.41 Å². The van der Waals surface area contributed by atoms with Gasteiger partial charge < -0.3 is 10.4 Å². The Morgan fingerprint density at radius 1 is 1.05 bits per heavy atom. The van der Waals surface area contributed by atoms with E-state index in [0.717, 1.165) is 5.56 Å². The summed E-state index contributed by atoms with van der Waals surface area (Å²) >= 11 is 0. The van der Waals surface area contributed by atoms with Gasteiger partial charge in [-0.25, -0.2) is 4.39 Å². The third kappa shape index (κ3) is 3.75. The third-order valence-electron chi connectivity index (χ3n) is 3.61. The SMILES string of the molecule is CC(Nc1ccc(O)c(F)c1)c1ccc(C(C)(C)C)cc1. The number of benzene rings is 2. The molecule has 0 saturated heterocycles. The molecule has 112 valence electrons. The van der Waals surface area contributed by atoms with E-state index in [-0.39, 0.29) is 17.2 Å².